The predicted octanol–water partition coefficient (Wildman–Crippen LogP) is 3.49. The van der Waals surface area contributed by atoms with Gasteiger partial charge in [-0.2, -0.15) is 5.10 Å². The van der Waals surface area contributed by atoms with E-state index in [2.05, 4.69) is 26.1 Å². The first-order chi connectivity index (χ1) is 7.93. The monoisotopic (exact) mass is 325 g/mol. The number of H-pyrrole nitrogens is 1. The van der Waals surface area contributed by atoms with Gasteiger partial charge in [-0.15, -0.1) is 0 Å². The van der Waals surface area contributed by atoms with Crippen molar-refractivity contribution in [3.8, 4) is 11.3 Å². The van der Waals surface area contributed by atoms with Gasteiger partial charge in [0.2, 0.25) is 0 Å². The van der Waals surface area contributed by atoms with Crippen molar-refractivity contribution in [1.29, 1.82) is 0 Å². The number of nitrogens with one attached hydrogen (secondary N) is 1. The summed E-state index contributed by atoms with van der Waals surface area (Å²) < 4.78 is 40.1. The van der Waals surface area contributed by atoms with E-state index >= 15 is 0 Å². The third-order valence-electron chi connectivity index (χ3n) is 2.08. The van der Waals surface area contributed by atoms with Crippen molar-refractivity contribution in [3.63, 3.8) is 0 Å². The molecule has 0 aliphatic heterocycles. The predicted molar refractivity (Wildman–Crippen MR) is 61.0 cm³/mol. The van der Waals surface area contributed by atoms with Crippen molar-refractivity contribution in [2.24, 2.45) is 0 Å². The second-order valence-electron chi connectivity index (χ2n) is 3.15. The number of hydrogen-bond acceptors (Lipinski definition) is 2. The summed E-state index contributed by atoms with van der Waals surface area (Å²) in [6.07, 6.45) is 0. The Morgan fingerprint density at radius 3 is 2.41 bits per heavy atom. The summed E-state index contributed by atoms with van der Waals surface area (Å²) in [5, 5.41) is 4.99. The van der Waals surface area contributed by atoms with Crippen molar-refractivity contribution >= 4 is 33.3 Å². The molecular weight excluding hydrogens is 322 g/mol. The number of nitrogens with zero attached hydrogens (tertiary/aromatic N) is 1. The van der Waals surface area contributed by atoms with Crippen molar-refractivity contribution in [1.82, 2.24) is 10.2 Å². The van der Waals surface area contributed by atoms with Crippen LogP contribution in [0.2, 0.25) is 5.02 Å². The molecule has 0 atom stereocenters. The summed E-state index contributed by atoms with van der Waals surface area (Å²) in [4.78, 5) is 0. The Hall–Kier alpha value is -1.21. The fourth-order valence-corrected chi connectivity index (χ4v) is 2.18. The number of hydrogen-bond donors (Lipinski definition) is 2. The summed E-state index contributed by atoms with van der Waals surface area (Å²) in [5.41, 5.74) is 5.02. The van der Waals surface area contributed by atoms with Crippen LogP contribution in [-0.4, -0.2) is 10.2 Å². The molecule has 0 unspecified atom stereocenters. The molecule has 1 heterocycles. The Kier molecular flexibility index (Phi) is 3.05. The van der Waals surface area contributed by atoms with Crippen LogP contribution >= 0.6 is 27.5 Å². The van der Waals surface area contributed by atoms with E-state index in [1.165, 1.54) is 6.07 Å². The van der Waals surface area contributed by atoms with E-state index < -0.39 is 22.5 Å². The van der Waals surface area contributed by atoms with Crippen LogP contribution in [0, 0.1) is 17.5 Å². The Balaban J connectivity index is 2.78. The highest BCUT2D eigenvalue weighted by Crippen LogP contribution is 2.38. The molecule has 0 saturated heterocycles. The summed E-state index contributed by atoms with van der Waals surface area (Å²) in [5.74, 6) is -3.77. The van der Waals surface area contributed by atoms with Crippen molar-refractivity contribution in [3.05, 3.63) is 33.0 Å². The van der Waals surface area contributed by atoms with E-state index in [1.54, 1.807) is 0 Å². The SMILES string of the molecule is Nc1cc(-c2c(F)c(F)c(Cl)c(F)c2Br)[nH]n1. The second-order valence-corrected chi connectivity index (χ2v) is 4.32. The van der Waals surface area contributed by atoms with E-state index in [9.17, 15) is 13.2 Å². The zero-order valence-corrected chi connectivity index (χ0v) is 10.3. The number of anilines is 1. The topological polar surface area (TPSA) is 54.7 Å². The first-order valence-electron chi connectivity index (χ1n) is 4.26. The van der Waals surface area contributed by atoms with Gasteiger partial charge in [0.25, 0.3) is 0 Å². The minimum absolute atomic E-state index is 0.0429. The summed E-state index contributed by atoms with van der Waals surface area (Å²) >= 11 is 8.09. The lowest BCUT2D eigenvalue weighted by Crippen LogP contribution is -1.97. The van der Waals surface area contributed by atoms with E-state index in [0.29, 0.717) is 0 Å². The van der Waals surface area contributed by atoms with Gasteiger partial charge in [-0.3, -0.25) is 5.10 Å². The smallest absolute Gasteiger partial charge is 0.181 e. The fraction of sp³-hybridized carbons (Fsp3) is 0. The van der Waals surface area contributed by atoms with Crippen molar-refractivity contribution < 1.29 is 13.2 Å². The lowest BCUT2D eigenvalue weighted by Gasteiger charge is -2.07. The molecule has 1 aromatic carbocycles. The average molecular weight is 327 g/mol. The van der Waals surface area contributed by atoms with E-state index in [1.807, 2.05) is 0 Å². The van der Waals surface area contributed by atoms with Crippen LogP contribution in [0.15, 0.2) is 10.5 Å². The van der Waals surface area contributed by atoms with Gasteiger partial charge in [-0.25, -0.2) is 13.2 Å². The van der Waals surface area contributed by atoms with Crippen LogP contribution in [0.25, 0.3) is 11.3 Å². The summed E-state index contributed by atoms with van der Waals surface area (Å²) in [6.45, 7) is 0. The molecule has 0 spiro atoms. The third-order valence-corrected chi connectivity index (χ3v) is 3.15. The number of nitrogen functional groups attached to an aromatic ring is 1. The quantitative estimate of drug-likeness (QED) is 0.622. The molecule has 17 heavy (non-hydrogen) atoms. The maximum Gasteiger partial charge on any atom is 0.181 e. The third kappa shape index (κ3) is 1.89. The molecular formula is C9H4BrClF3N3. The summed E-state index contributed by atoms with van der Waals surface area (Å²) in [7, 11) is 0. The van der Waals surface area contributed by atoms with Gasteiger partial charge in [-0.1, -0.05) is 11.6 Å². The lowest BCUT2D eigenvalue weighted by atomic mass is 10.1. The molecule has 0 amide bonds. The number of aromatic amines is 1. The number of rotatable bonds is 1. The van der Waals surface area contributed by atoms with Crippen molar-refractivity contribution in [2.45, 2.75) is 0 Å². The van der Waals surface area contributed by atoms with E-state index in [0.717, 1.165) is 0 Å². The van der Waals surface area contributed by atoms with E-state index in [-0.39, 0.29) is 21.5 Å². The van der Waals surface area contributed by atoms with Crippen LogP contribution in [0.1, 0.15) is 0 Å². The Morgan fingerprint density at radius 2 is 1.88 bits per heavy atom. The summed E-state index contributed by atoms with van der Waals surface area (Å²) in [6, 6.07) is 1.25. The lowest BCUT2D eigenvalue weighted by molar-refractivity contribution is 0.496. The Morgan fingerprint density at radius 1 is 1.24 bits per heavy atom. The van der Waals surface area contributed by atoms with Gasteiger partial charge in [0, 0.05) is 6.07 Å². The van der Waals surface area contributed by atoms with Gasteiger partial charge in [-0.05, 0) is 15.9 Å². The number of aromatic nitrogens is 2. The number of benzene rings is 1. The standard InChI is InChI=1S/C9H4BrClF3N3/c10-5-4(2-1-3(15)17-16-2)7(12)9(14)6(11)8(5)13/h1H,(H3,15,16,17). The molecule has 2 rings (SSSR count). The minimum atomic E-state index is -1.46. The molecule has 2 aromatic rings. The zero-order valence-electron chi connectivity index (χ0n) is 7.99. The highest BCUT2D eigenvalue weighted by atomic mass is 79.9. The largest absolute Gasteiger partial charge is 0.382 e. The maximum absolute atomic E-state index is 13.7. The van der Waals surface area contributed by atoms with Crippen molar-refractivity contribution in [2.75, 3.05) is 5.73 Å². The highest BCUT2D eigenvalue weighted by molar-refractivity contribution is 9.10. The molecule has 3 nitrogen and oxygen atoms in total. The zero-order chi connectivity index (χ0) is 12.7. The molecule has 0 radical (unpaired) electrons. The van der Waals surface area contributed by atoms with Crippen LogP contribution in [0.5, 0.6) is 0 Å². The van der Waals surface area contributed by atoms with Gasteiger partial charge < -0.3 is 5.73 Å². The first kappa shape index (κ1) is 12.3. The molecule has 3 N–H and O–H groups in total. The average Bonchev–Trinajstić information content (AvgIpc) is 2.71. The highest BCUT2D eigenvalue weighted by Gasteiger charge is 2.24. The van der Waals surface area contributed by atoms with Gasteiger partial charge in [0.1, 0.15) is 10.8 Å². The van der Waals surface area contributed by atoms with E-state index in [4.69, 9.17) is 17.3 Å². The number of halogens is 5. The Bertz CT molecular complexity index is 570. The molecule has 90 valence electrons. The van der Waals surface area contributed by atoms with Gasteiger partial charge in [0.15, 0.2) is 17.5 Å². The molecule has 0 aliphatic carbocycles. The second kappa shape index (κ2) is 4.23. The van der Waals surface area contributed by atoms with Crippen LogP contribution in [-0.2, 0) is 0 Å². The maximum atomic E-state index is 13.7. The van der Waals surface area contributed by atoms with Crippen LogP contribution in [0.3, 0.4) is 0 Å². The molecule has 0 bridgehead atoms. The number of nitrogens with two attached hydrogens (primary N) is 1. The molecule has 0 fully saturated rings. The van der Waals surface area contributed by atoms with Crippen LogP contribution < -0.4 is 5.73 Å². The molecule has 0 saturated carbocycles. The van der Waals surface area contributed by atoms with Gasteiger partial charge >= 0.3 is 0 Å². The Labute approximate surface area is 107 Å². The normalized spacial score (nSPS) is 10.9. The molecule has 8 heteroatoms. The first-order valence-corrected chi connectivity index (χ1v) is 5.43. The molecule has 0 aliphatic rings. The fourth-order valence-electron chi connectivity index (χ4n) is 1.31. The minimum Gasteiger partial charge on any atom is -0.382 e. The van der Waals surface area contributed by atoms with Gasteiger partial charge in [0.05, 0.1) is 15.7 Å². The van der Waals surface area contributed by atoms with Crippen LogP contribution in [0.4, 0.5) is 19.0 Å². The molecule has 1 aromatic heterocycles.